The summed E-state index contributed by atoms with van der Waals surface area (Å²) in [6.45, 7) is 1.97. The molecule has 1 aromatic carbocycles. The number of nitrogens with zero attached hydrogens (tertiary/aromatic N) is 2. The molecule has 0 atom stereocenters. The Morgan fingerprint density at radius 1 is 1.12 bits per heavy atom. The Hall–Kier alpha value is -1.73. The molecule has 0 bridgehead atoms. The Morgan fingerprint density at radius 3 is 2.54 bits per heavy atom. The summed E-state index contributed by atoms with van der Waals surface area (Å²) in [5, 5.41) is 3.13. The maximum absolute atomic E-state index is 13.3. The first kappa shape index (κ1) is 19.0. The largest absolute Gasteiger partial charge is 0.324 e. The summed E-state index contributed by atoms with van der Waals surface area (Å²) < 4.78 is 29.7. The third kappa shape index (κ3) is 4.71. The maximum Gasteiger partial charge on any atom is 0.280 e. The molecule has 140 valence electrons. The van der Waals surface area contributed by atoms with E-state index in [-0.39, 0.29) is 17.6 Å². The van der Waals surface area contributed by atoms with E-state index in [1.54, 1.807) is 0 Å². The molecule has 0 unspecified atom stereocenters. The zero-order valence-corrected chi connectivity index (χ0v) is 15.9. The van der Waals surface area contributed by atoms with Crippen molar-refractivity contribution in [2.24, 2.45) is 0 Å². The minimum Gasteiger partial charge on any atom is -0.324 e. The van der Waals surface area contributed by atoms with E-state index in [0.717, 1.165) is 47.5 Å². The number of hydrogen-bond acceptors (Lipinski definition) is 5. The minimum absolute atomic E-state index is 0.205. The fraction of sp³-hybridized carbons (Fsp3) is 0.474. The van der Waals surface area contributed by atoms with Crippen LogP contribution in [0.3, 0.4) is 0 Å². The maximum atomic E-state index is 13.3. The van der Waals surface area contributed by atoms with Gasteiger partial charge in [-0.2, -0.15) is 0 Å². The van der Waals surface area contributed by atoms with Crippen molar-refractivity contribution in [1.82, 2.24) is 14.7 Å². The lowest BCUT2D eigenvalue weighted by molar-refractivity contribution is 0.146. The number of aryl methyl sites for hydroxylation is 1. The number of hydrogen-bond donors (Lipinski definition) is 2. The van der Waals surface area contributed by atoms with Crippen LogP contribution in [0.2, 0.25) is 0 Å². The Kier molecular flexibility index (Phi) is 6.43. The van der Waals surface area contributed by atoms with E-state index in [4.69, 9.17) is 0 Å². The minimum atomic E-state index is -2.60. The van der Waals surface area contributed by atoms with Gasteiger partial charge in [0.2, 0.25) is 5.95 Å². The van der Waals surface area contributed by atoms with E-state index in [9.17, 15) is 8.78 Å². The monoisotopic (exact) mass is 378 g/mol. The number of rotatable bonds is 6. The number of nitrogens with one attached hydrogen (secondary N) is 2. The van der Waals surface area contributed by atoms with Crippen molar-refractivity contribution in [2.45, 2.75) is 56.3 Å². The van der Waals surface area contributed by atoms with Gasteiger partial charge >= 0.3 is 0 Å². The summed E-state index contributed by atoms with van der Waals surface area (Å²) >= 11 is 1.52. The van der Waals surface area contributed by atoms with Gasteiger partial charge in [0.15, 0.2) is 0 Å². The van der Waals surface area contributed by atoms with Crippen LogP contribution in [-0.2, 0) is 0 Å². The normalized spacial score (nSPS) is 15.4. The van der Waals surface area contributed by atoms with Crippen molar-refractivity contribution >= 4 is 23.6 Å². The van der Waals surface area contributed by atoms with Crippen molar-refractivity contribution in [1.29, 1.82) is 0 Å². The molecule has 4 nitrogen and oxygen atoms in total. The van der Waals surface area contributed by atoms with E-state index in [1.165, 1.54) is 24.4 Å². The van der Waals surface area contributed by atoms with Crippen molar-refractivity contribution in [3.05, 3.63) is 41.2 Å². The lowest BCUT2D eigenvalue weighted by atomic mass is 9.86. The van der Waals surface area contributed by atoms with E-state index in [0.29, 0.717) is 0 Å². The van der Waals surface area contributed by atoms with Crippen molar-refractivity contribution < 1.29 is 8.78 Å². The Labute approximate surface area is 157 Å². The van der Waals surface area contributed by atoms with E-state index in [2.05, 4.69) is 20.0 Å². The van der Waals surface area contributed by atoms with Gasteiger partial charge in [-0.1, -0.05) is 19.3 Å². The van der Waals surface area contributed by atoms with Gasteiger partial charge in [-0.25, -0.2) is 18.7 Å². The van der Waals surface area contributed by atoms with Gasteiger partial charge < -0.3 is 5.32 Å². The standard InChI is InChI=1S/C19H24F2N4S/c1-12-10-14(26-22-2)8-9-15(12)23-19-24-16(11-17(25-19)18(20)21)13-6-4-3-5-7-13/h8-11,13,18,22H,3-7H2,1-2H3,(H,23,24,25). The SMILES string of the molecule is CNSc1ccc(Nc2nc(C(F)F)cc(C3CCCCC3)n2)c(C)c1. The highest BCUT2D eigenvalue weighted by Crippen LogP contribution is 2.34. The van der Waals surface area contributed by atoms with Crippen LogP contribution in [0.15, 0.2) is 29.2 Å². The zero-order valence-electron chi connectivity index (χ0n) is 15.1. The Bertz CT molecular complexity index is 748. The molecule has 0 saturated heterocycles. The van der Waals surface area contributed by atoms with Crippen LogP contribution in [-0.4, -0.2) is 17.0 Å². The van der Waals surface area contributed by atoms with Gasteiger partial charge in [0.25, 0.3) is 6.43 Å². The molecule has 1 heterocycles. The number of alkyl halides is 2. The third-order valence-corrected chi connectivity index (χ3v) is 5.37. The molecule has 2 aromatic rings. The first-order valence-electron chi connectivity index (χ1n) is 8.95. The quantitative estimate of drug-likeness (QED) is 0.628. The van der Waals surface area contributed by atoms with E-state index < -0.39 is 6.43 Å². The zero-order chi connectivity index (χ0) is 18.5. The first-order chi connectivity index (χ1) is 12.6. The fourth-order valence-electron chi connectivity index (χ4n) is 3.34. The lowest BCUT2D eigenvalue weighted by Crippen LogP contribution is -2.11. The highest BCUT2D eigenvalue weighted by atomic mass is 32.2. The van der Waals surface area contributed by atoms with Crippen molar-refractivity contribution in [3.8, 4) is 0 Å². The second-order valence-electron chi connectivity index (χ2n) is 6.58. The molecule has 2 N–H and O–H groups in total. The molecule has 1 aromatic heterocycles. The highest BCUT2D eigenvalue weighted by Gasteiger charge is 2.21. The Balaban J connectivity index is 1.87. The summed E-state index contributed by atoms with van der Waals surface area (Å²) in [5.41, 5.74) is 2.36. The summed E-state index contributed by atoms with van der Waals surface area (Å²) in [5.74, 6) is 0.501. The summed E-state index contributed by atoms with van der Waals surface area (Å²) in [4.78, 5) is 9.68. The average Bonchev–Trinajstić information content (AvgIpc) is 2.65. The number of anilines is 2. The first-order valence-corrected chi connectivity index (χ1v) is 9.76. The van der Waals surface area contributed by atoms with Gasteiger partial charge in [0.05, 0.1) is 0 Å². The van der Waals surface area contributed by atoms with Crippen molar-refractivity contribution in [2.75, 3.05) is 12.4 Å². The number of halogens is 2. The van der Waals surface area contributed by atoms with Crippen LogP contribution >= 0.6 is 11.9 Å². The lowest BCUT2D eigenvalue weighted by Gasteiger charge is -2.22. The van der Waals surface area contributed by atoms with Crippen molar-refractivity contribution in [3.63, 3.8) is 0 Å². The average molecular weight is 378 g/mol. The molecule has 7 heteroatoms. The van der Waals surface area contributed by atoms with Gasteiger partial charge in [-0.15, -0.1) is 0 Å². The van der Waals surface area contributed by atoms with Crippen LogP contribution in [0.1, 0.15) is 61.4 Å². The molecule has 1 fully saturated rings. The van der Waals surface area contributed by atoms with Crippen LogP contribution in [0.5, 0.6) is 0 Å². The number of benzene rings is 1. The highest BCUT2D eigenvalue weighted by molar-refractivity contribution is 7.97. The topological polar surface area (TPSA) is 49.8 Å². The Morgan fingerprint density at radius 2 is 1.88 bits per heavy atom. The molecule has 0 aliphatic heterocycles. The van der Waals surface area contributed by atoms with E-state index in [1.807, 2.05) is 32.2 Å². The van der Waals surface area contributed by atoms with E-state index >= 15 is 0 Å². The molecule has 1 aliphatic carbocycles. The van der Waals surface area contributed by atoms with Gasteiger partial charge in [-0.05, 0) is 68.6 Å². The molecular weight excluding hydrogens is 354 g/mol. The van der Waals surface area contributed by atoms with Gasteiger partial charge in [-0.3, -0.25) is 4.72 Å². The molecule has 3 rings (SSSR count). The van der Waals surface area contributed by atoms with Crippen LogP contribution < -0.4 is 10.0 Å². The second-order valence-corrected chi connectivity index (χ2v) is 7.67. The van der Waals surface area contributed by atoms with Crippen LogP contribution in [0, 0.1) is 6.92 Å². The summed E-state index contributed by atoms with van der Waals surface area (Å²) in [6.07, 6.45) is 2.89. The molecule has 1 saturated carbocycles. The van der Waals surface area contributed by atoms with Crippen LogP contribution in [0.25, 0.3) is 0 Å². The predicted molar refractivity (Wildman–Crippen MR) is 102 cm³/mol. The molecular formula is C19H24F2N4S. The van der Waals surface area contributed by atoms with Crippen LogP contribution in [0.4, 0.5) is 20.4 Å². The fourth-order valence-corrected chi connectivity index (χ4v) is 3.95. The predicted octanol–water partition coefficient (Wildman–Crippen LogP) is 5.74. The molecule has 0 spiro atoms. The molecule has 1 aliphatic rings. The number of aromatic nitrogens is 2. The summed E-state index contributed by atoms with van der Waals surface area (Å²) in [6, 6.07) is 7.40. The second kappa shape index (κ2) is 8.77. The molecule has 0 radical (unpaired) electrons. The smallest absolute Gasteiger partial charge is 0.280 e. The van der Waals surface area contributed by atoms with Gasteiger partial charge in [0, 0.05) is 22.2 Å². The molecule has 0 amide bonds. The molecule has 26 heavy (non-hydrogen) atoms. The third-order valence-electron chi connectivity index (χ3n) is 4.68. The summed E-state index contributed by atoms with van der Waals surface area (Å²) in [7, 11) is 1.86. The van der Waals surface area contributed by atoms with Gasteiger partial charge in [0.1, 0.15) is 5.69 Å².